The average Bonchev–Trinajstić information content (AvgIpc) is 3.39. The van der Waals surface area contributed by atoms with Gasteiger partial charge in [-0.3, -0.25) is 29.9 Å². The standard InChI is InChI=1S/C25H25ClN6O3/c1-15-11-16(2)32(31-15)14-23(33)29-30-25(35)22(28-24(34)19-8-3-5-9-20(19)26)12-17-13-27-21-10-6-4-7-18(17)21/h3-11,13,22,27H,12,14H2,1-2H3,(H,28,34)(H,29,33)(H,30,35). The number of halogens is 1. The number of para-hydroxylation sites is 1. The van der Waals surface area contributed by atoms with Gasteiger partial charge in [-0.1, -0.05) is 41.9 Å². The van der Waals surface area contributed by atoms with Crippen molar-refractivity contribution >= 4 is 40.2 Å². The molecule has 0 radical (unpaired) electrons. The van der Waals surface area contributed by atoms with Crippen molar-refractivity contribution in [2.24, 2.45) is 0 Å². The van der Waals surface area contributed by atoms with E-state index in [9.17, 15) is 14.4 Å². The van der Waals surface area contributed by atoms with E-state index in [1.807, 2.05) is 44.2 Å². The minimum atomic E-state index is -0.980. The second-order valence-corrected chi connectivity index (χ2v) is 8.60. The number of nitrogens with one attached hydrogen (secondary N) is 4. The normalized spacial score (nSPS) is 11.7. The van der Waals surface area contributed by atoms with Gasteiger partial charge in [-0.15, -0.1) is 0 Å². The lowest BCUT2D eigenvalue weighted by Crippen LogP contribution is -2.53. The summed E-state index contributed by atoms with van der Waals surface area (Å²) in [4.78, 5) is 41.5. The molecule has 4 aromatic rings. The fraction of sp³-hybridized carbons (Fsp3) is 0.200. The number of H-pyrrole nitrogens is 1. The Morgan fingerprint density at radius 3 is 2.54 bits per heavy atom. The molecule has 180 valence electrons. The Morgan fingerprint density at radius 2 is 1.80 bits per heavy atom. The minimum absolute atomic E-state index is 0.0565. The number of rotatable bonds is 7. The van der Waals surface area contributed by atoms with Crippen molar-refractivity contribution in [3.8, 4) is 0 Å². The first-order valence-corrected chi connectivity index (χ1v) is 11.4. The van der Waals surface area contributed by atoms with Gasteiger partial charge in [0.1, 0.15) is 12.6 Å². The maximum absolute atomic E-state index is 13.1. The van der Waals surface area contributed by atoms with Crippen molar-refractivity contribution in [2.45, 2.75) is 32.9 Å². The number of nitrogens with zero attached hydrogens (tertiary/aromatic N) is 2. The summed E-state index contributed by atoms with van der Waals surface area (Å²) in [7, 11) is 0. The number of hydrogen-bond donors (Lipinski definition) is 4. The van der Waals surface area contributed by atoms with Gasteiger partial charge in [-0.05, 0) is 43.7 Å². The Morgan fingerprint density at radius 1 is 1.06 bits per heavy atom. The summed E-state index contributed by atoms with van der Waals surface area (Å²) in [6.45, 7) is 3.62. The Labute approximate surface area is 206 Å². The largest absolute Gasteiger partial charge is 0.361 e. The molecule has 0 bridgehead atoms. The molecule has 0 aliphatic heterocycles. The van der Waals surface area contributed by atoms with E-state index in [-0.39, 0.29) is 23.6 Å². The lowest BCUT2D eigenvalue weighted by atomic mass is 10.0. The molecule has 2 heterocycles. The van der Waals surface area contributed by atoms with Crippen molar-refractivity contribution in [3.05, 3.63) is 88.3 Å². The zero-order valence-corrected chi connectivity index (χ0v) is 20.0. The van der Waals surface area contributed by atoms with Crippen molar-refractivity contribution < 1.29 is 14.4 Å². The number of amides is 3. The van der Waals surface area contributed by atoms with Crippen LogP contribution >= 0.6 is 11.6 Å². The molecule has 10 heteroatoms. The first-order valence-electron chi connectivity index (χ1n) is 11.0. The zero-order chi connectivity index (χ0) is 24.9. The number of aromatic nitrogens is 3. The van der Waals surface area contributed by atoms with E-state index in [4.69, 9.17) is 11.6 Å². The summed E-state index contributed by atoms with van der Waals surface area (Å²) < 4.78 is 1.54. The van der Waals surface area contributed by atoms with Gasteiger partial charge in [-0.2, -0.15) is 5.10 Å². The van der Waals surface area contributed by atoms with Crippen molar-refractivity contribution in [3.63, 3.8) is 0 Å². The number of fused-ring (bicyclic) bond motifs is 1. The number of aromatic amines is 1. The van der Waals surface area contributed by atoms with Crippen LogP contribution < -0.4 is 16.2 Å². The summed E-state index contributed by atoms with van der Waals surface area (Å²) in [6.07, 6.45) is 1.99. The van der Waals surface area contributed by atoms with Gasteiger partial charge >= 0.3 is 0 Å². The second kappa shape index (κ2) is 10.4. The molecule has 0 saturated heterocycles. The van der Waals surface area contributed by atoms with Gasteiger partial charge in [0.05, 0.1) is 16.3 Å². The lowest BCUT2D eigenvalue weighted by Gasteiger charge is -2.19. The first kappa shape index (κ1) is 24.0. The maximum atomic E-state index is 13.1. The zero-order valence-electron chi connectivity index (χ0n) is 19.3. The summed E-state index contributed by atoms with van der Waals surface area (Å²) in [6, 6.07) is 15.1. The van der Waals surface area contributed by atoms with Crippen LogP contribution in [0.2, 0.25) is 5.02 Å². The first-order chi connectivity index (χ1) is 16.8. The fourth-order valence-corrected chi connectivity index (χ4v) is 4.06. The van der Waals surface area contributed by atoms with Gasteiger partial charge < -0.3 is 10.3 Å². The quantitative estimate of drug-likeness (QED) is 0.296. The smallest absolute Gasteiger partial charge is 0.261 e. The molecular formula is C25H25ClN6O3. The highest BCUT2D eigenvalue weighted by atomic mass is 35.5. The van der Waals surface area contributed by atoms with Gasteiger partial charge in [0.2, 0.25) is 0 Å². The van der Waals surface area contributed by atoms with Crippen molar-refractivity contribution in [1.29, 1.82) is 0 Å². The number of benzene rings is 2. The molecule has 0 aliphatic rings. The summed E-state index contributed by atoms with van der Waals surface area (Å²) in [5.74, 6) is -1.52. The predicted octanol–water partition coefficient (Wildman–Crippen LogP) is 2.82. The van der Waals surface area contributed by atoms with E-state index >= 15 is 0 Å². The molecule has 2 aromatic heterocycles. The van der Waals surface area contributed by atoms with E-state index in [1.54, 1.807) is 35.1 Å². The molecule has 4 N–H and O–H groups in total. The Kier molecular flexibility index (Phi) is 7.17. The molecule has 0 spiro atoms. The van der Waals surface area contributed by atoms with Gasteiger partial charge in [0.15, 0.2) is 0 Å². The molecule has 4 rings (SSSR count). The Bertz CT molecular complexity index is 1390. The topological polar surface area (TPSA) is 121 Å². The number of hydrazine groups is 1. The van der Waals surface area contributed by atoms with Crippen LogP contribution in [-0.2, 0) is 22.6 Å². The third kappa shape index (κ3) is 5.70. The minimum Gasteiger partial charge on any atom is -0.361 e. The van der Waals surface area contributed by atoms with Crippen LogP contribution in [0.3, 0.4) is 0 Å². The van der Waals surface area contributed by atoms with Crippen molar-refractivity contribution in [2.75, 3.05) is 0 Å². The summed E-state index contributed by atoms with van der Waals surface area (Å²) >= 11 is 6.17. The number of hydrogen-bond acceptors (Lipinski definition) is 4. The van der Waals surface area contributed by atoms with Crippen LogP contribution in [0.4, 0.5) is 0 Å². The van der Waals surface area contributed by atoms with Crippen LogP contribution in [0.15, 0.2) is 60.8 Å². The van der Waals surface area contributed by atoms with Crippen LogP contribution in [0.5, 0.6) is 0 Å². The monoisotopic (exact) mass is 492 g/mol. The molecule has 3 amide bonds. The fourth-order valence-electron chi connectivity index (χ4n) is 3.84. The maximum Gasteiger partial charge on any atom is 0.261 e. The molecule has 0 saturated carbocycles. The van der Waals surface area contributed by atoms with E-state index in [1.165, 1.54) is 0 Å². The van der Waals surface area contributed by atoms with E-state index in [0.29, 0.717) is 0 Å². The number of carbonyl (C=O) groups is 3. The SMILES string of the molecule is Cc1cc(C)n(CC(=O)NNC(=O)C(Cc2c[nH]c3ccccc23)NC(=O)c2ccccc2Cl)n1. The number of carbonyl (C=O) groups excluding carboxylic acids is 3. The second-order valence-electron chi connectivity index (χ2n) is 8.19. The third-order valence-corrected chi connectivity index (χ3v) is 5.89. The van der Waals surface area contributed by atoms with E-state index in [2.05, 4.69) is 26.3 Å². The molecule has 1 atom stereocenters. The molecule has 0 aliphatic carbocycles. The molecular weight excluding hydrogens is 468 g/mol. The summed E-state index contributed by atoms with van der Waals surface area (Å²) in [5.41, 5.74) is 8.45. The average molecular weight is 493 g/mol. The highest BCUT2D eigenvalue weighted by Gasteiger charge is 2.24. The number of aryl methyl sites for hydroxylation is 2. The van der Waals surface area contributed by atoms with Crippen LogP contribution in [0, 0.1) is 13.8 Å². The molecule has 1 unspecified atom stereocenters. The van der Waals surface area contributed by atoms with Gasteiger partial charge in [0.25, 0.3) is 17.7 Å². The van der Waals surface area contributed by atoms with Gasteiger partial charge in [0, 0.05) is 29.2 Å². The molecule has 0 fully saturated rings. The van der Waals surface area contributed by atoms with E-state index in [0.717, 1.165) is 27.9 Å². The van der Waals surface area contributed by atoms with Gasteiger partial charge in [-0.25, -0.2) is 0 Å². The molecule has 9 nitrogen and oxygen atoms in total. The van der Waals surface area contributed by atoms with Crippen molar-refractivity contribution in [1.82, 2.24) is 30.9 Å². The summed E-state index contributed by atoms with van der Waals surface area (Å²) in [5, 5.41) is 8.20. The molecule has 35 heavy (non-hydrogen) atoms. The lowest BCUT2D eigenvalue weighted by molar-refractivity contribution is -0.130. The van der Waals surface area contributed by atoms with Crippen LogP contribution in [0.1, 0.15) is 27.3 Å². The highest BCUT2D eigenvalue weighted by molar-refractivity contribution is 6.33. The predicted molar refractivity (Wildman–Crippen MR) is 133 cm³/mol. The Hall–Kier alpha value is -4.11. The molecule has 2 aromatic carbocycles. The third-order valence-electron chi connectivity index (χ3n) is 5.56. The van der Waals surface area contributed by atoms with E-state index < -0.39 is 23.8 Å². The van der Waals surface area contributed by atoms with Crippen LogP contribution in [0.25, 0.3) is 10.9 Å². The van der Waals surface area contributed by atoms with Crippen LogP contribution in [-0.4, -0.2) is 38.5 Å². The highest BCUT2D eigenvalue weighted by Crippen LogP contribution is 2.20. The Balaban J connectivity index is 1.49.